The highest BCUT2D eigenvalue weighted by atomic mass is 32.2. The summed E-state index contributed by atoms with van der Waals surface area (Å²) in [4.78, 5) is 33.2. The molecule has 5 rings (SSSR count). The monoisotopic (exact) mass is 493 g/mol. The summed E-state index contributed by atoms with van der Waals surface area (Å²) in [5, 5.41) is 3.92. The van der Waals surface area contributed by atoms with E-state index in [-0.39, 0.29) is 23.0 Å². The van der Waals surface area contributed by atoms with Crippen LogP contribution in [0.2, 0.25) is 0 Å². The average molecular weight is 494 g/mol. The summed E-state index contributed by atoms with van der Waals surface area (Å²) in [6, 6.07) is 12.3. The predicted molar refractivity (Wildman–Crippen MR) is 137 cm³/mol. The molecule has 2 aromatic heterocycles. The van der Waals surface area contributed by atoms with Crippen LogP contribution in [0.3, 0.4) is 0 Å². The molecule has 1 N–H and O–H groups in total. The van der Waals surface area contributed by atoms with Crippen LogP contribution in [-0.4, -0.2) is 21.2 Å². The number of hydrogen-bond donors (Lipinski definition) is 1. The van der Waals surface area contributed by atoms with Gasteiger partial charge in [-0.25, -0.2) is 9.37 Å². The van der Waals surface area contributed by atoms with Crippen molar-refractivity contribution >= 4 is 44.9 Å². The zero-order chi connectivity index (χ0) is 23.8. The molecule has 0 spiro atoms. The molecule has 0 saturated heterocycles. The second-order valence-corrected chi connectivity index (χ2v) is 10.6. The minimum Gasteiger partial charge on any atom is -0.325 e. The van der Waals surface area contributed by atoms with Crippen LogP contribution in [0.4, 0.5) is 10.1 Å². The molecule has 0 saturated carbocycles. The molecule has 174 valence electrons. The minimum absolute atomic E-state index is 0.0460. The number of hydrogen-bond acceptors (Lipinski definition) is 5. The first-order valence-corrected chi connectivity index (χ1v) is 13.0. The van der Waals surface area contributed by atoms with E-state index in [2.05, 4.69) is 5.32 Å². The van der Waals surface area contributed by atoms with Gasteiger partial charge in [0.15, 0.2) is 5.16 Å². The summed E-state index contributed by atoms with van der Waals surface area (Å²) in [5.74, 6) is -0.610. The smallest absolute Gasteiger partial charge is 0.267 e. The number of benzene rings is 2. The van der Waals surface area contributed by atoms with Crippen molar-refractivity contribution in [3.8, 4) is 5.69 Å². The molecule has 2 heterocycles. The minimum atomic E-state index is -0.368. The second kappa shape index (κ2) is 9.35. The maximum absolute atomic E-state index is 13.8. The van der Waals surface area contributed by atoms with Gasteiger partial charge in [-0.2, -0.15) is 0 Å². The van der Waals surface area contributed by atoms with Gasteiger partial charge in [-0.05, 0) is 74.9 Å². The van der Waals surface area contributed by atoms with Gasteiger partial charge in [-0.3, -0.25) is 14.2 Å². The topological polar surface area (TPSA) is 64.0 Å². The first kappa shape index (κ1) is 22.8. The van der Waals surface area contributed by atoms with E-state index >= 15 is 0 Å². The highest BCUT2D eigenvalue weighted by Gasteiger charge is 2.23. The lowest BCUT2D eigenvalue weighted by Crippen LogP contribution is -2.23. The van der Waals surface area contributed by atoms with Crippen LogP contribution in [0.5, 0.6) is 0 Å². The number of aryl methyl sites for hydroxylation is 4. The van der Waals surface area contributed by atoms with Crippen molar-refractivity contribution in [1.82, 2.24) is 9.55 Å². The van der Waals surface area contributed by atoms with E-state index in [1.807, 2.05) is 31.2 Å². The molecule has 5 nitrogen and oxygen atoms in total. The molecule has 2 aromatic carbocycles. The van der Waals surface area contributed by atoms with Crippen molar-refractivity contribution < 1.29 is 9.18 Å². The summed E-state index contributed by atoms with van der Waals surface area (Å²) < 4.78 is 15.5. The Morgan fingerprint density at radius 3 is 2.68 bits per heavy atom. The van der Waals surface area contributed by atoms with Crippen molar-refractivity contribution in [3.63, 3.8) is 0 Å². The van der Waals surface area contributed by atoms with Gasteiger partial charge in [-0.1, -0.05) is 35.5 Å². The van der Waals surface area contributed by atoms with Crippen molar-refractivity contribution in [3.05, 3.63) is 80.2 Å². The number of carbonyl (C=O) groups is 1. The molecule has 0 fully saturated rings. The zero-order valence-corrected chi connectivity index (χ0v) is 20.6. The van der Waals surface area contributed by atoms with Gasteiger partial charge in [0.25, 0.3) is 5.56 Å². The Labute approximate surface area is 205 Å². The molecule has 34 heavy (non-hydrogen) atoms. The van der Waals surface area contributed by atoms with Gasteiger partial charge < -0.3 is 5.32 Å². The number of fused-ring (bicyclic) bond motifs is 3. The Morgan fingerprint density at radius 1 is 1.15 bits per heavy atom. The third kappa shape index (κ3) is 4.40. The maximum Gasteiger partial charge on any atom is 0.267 e. The molecule has 1 amide bonds. The maximum atomic E-state index is 13.8. The molecular weight excluding hydrogens is 469 g/mol. The first-order chi connectivity index (χ1) is 16.4. The van der Waals surface area contributed by atoms with Gasteiger partial charge in [0, 0.05) is 10.6 Å². The van der Waals surface area contributed by atoms with Crippen molar-refractivity contribution in [2.24, 2.45) is 0 Å². The summed E-state index contributed by atoms with van der Waals surface area (Å²) in [7, 11) is 0. The van der Waals surface area contributed by atoms with Gasteiger partial charge >= 0.3 is 0 Å². The number of nitrogens with zero attached hydrogens (tertiary/aromatic N) is 2. The first-order valence-electron chi connectivity index (χ1n) is 11.2. The Kier molecular flexibility index (Phi) is 6.27. The van der Waals surface area contributed by atoms with E-state index in [4.69, 9.17) is 4.98 Å². The molecule has 0 aliphatic heterocycles. The zero-order valence-electron chi connectivity index (χ0n) is 19.0. The predicted octanol–water partition coefficient (Wildman–Crippen LogP) is 5.81. The van der Waals surface area contributed by atoms with Crippen LogP contribution in [0, 0.1) is 19.7 Å². The van der Waals surface area contributed by atoms with Crippen molar-refractivity contribution in [2.75, 3.05) is 11.1 Å². The van der Waals surface area contributed by atoms with E-state index in [1.54, 1.807) is 35.0 Å². The number of thioether (sulfide) groups is 1. The largest absolute Gasteiger partial charge is 0.325 e. The SMILES string of the molecule is Cc1ccc(-n2c(SCC(=O)Nc3ccc(C)c(F)c3)nc3sc4c(c3c2=O)CCCC4)cc1. The molecule has 0 unspecified atom stereocenters. The number of amides is 1. The number of thiophene rings is 1. The number of aromatic nitrogens is 2. The van der Waals surface area contributed by atoms with Gasteiger partial charge in [-0.15, -0.1) is 11.3 Å². The Bertz CT molecular complexity index is 1460. The number of halogens is 1. The molecule has 0 bridgehead atoms. The van der Waals surface area contributed by atoms with Gasteiger partial charge in [0.05, 0.1) is 16.8 Å². The fraction of sp³-hybridized carbons (Fsp3) is 0.269. The quantitative estimate of drug-likeness (QED) is 0.281. The molecule has 1 aliphatic rings. The van der Waals surface area contributed by atoms with Gasteiger partial charge in [0.2, 0.25) is 5.91 Å². The lowest BCUT2D eigenvalue weighted by Gasteiger charge is -2.14. The number of rotatable bonds is 5. The summed E-state index contributed by atoms with van der Waals surface area (Å²) in [5.41, 5.74) is 3.80. The van der Waals surface area contributed by atoms with Gasteiger partial charge in [0.1, 0.15) is 10.6 Å². The van der Waals surface area contributed by atoms with Crippen LogP contribution >= 0.6 is 23.1 Å². The third-order valence-corrected chi connectivity index (χ3v) is 8.16. The van der Waals surface area contributed by atoms with Crippen molar-refractivity contribution in [2.45, 2.75) is 44.7 Å². The number of anilines is 1. The highest BCUT2D eigenvalue weighted by Crippen LogP contribution is 2.35. The van der Waals surface area contributed by atoms with E-state index in [0.717, 1.165) is 47.3 Å². The molecule has 4 aromatic rings. The van der Waals surface area contributed by atoms with Crippen molar-refractivity contribution in [1.29, 1.82) is 0 Å². The summed E-state index contributed by atoms with van der Waals surface area (Å²) in [6.07, 6.45) is 4.10. The third-order valence-electron chi connectivity index (χ3n) is 6.04. The molecular formula is C26H24FN3O2S2. The van der Waals surface area contributed by atoms with Crippen LogP contribution in [0.15, 0.2) is 52.4 Å². The molecule has 1 aliphatic carbocycles. The molecule has 0 atom stereocenters. The number of carbonyl (C=O) groups excluding carboxylic acids is 1. The van der Waals surface area contributed by atoms with Crippen LogP contribution < -0.4 is 10.9 Å². The fourth-order valence-corrected chi connectivity index (χ4v) is 6.32. The van der Waals surface area contributed by atoms with E-state index in [9.17, 15) is 14.0 Å². The van der Waals surface area contributed by atoms with E-state index in [1.165, 1.54) is 22.7 Å². The molecule has 0 radical (unpaired) electrons. The normalized spacial score (nSPS) is 13.1. The van der Waals surface area contributed by atoms with Crippen LogP contribution in [-0.2, 0) is 17.6 Å². The van der Waals surface area contributed by atoms with E-state index < -0.39 is 0 Å². The standard InChI is InChI=1S/C26H24FN3O2S2/c1-15-7-11-18(12-8-15)30-25(32)23-19-5-3-4-6-21(19)34-24(23)29-26(30)33-14-22(31)28-17-10-9-16(2)20(27)13-17/h7-13H,3-6,14H2,1-2H3,(H,28,31). The summed E-state index contributed by atoms with van der Waals surface area (Å²) in [6.45, 7) is 3.67. The lowest BCUT2D eigenvalue weighted by molar-refractivity contribution is -0.113. The highest BCUT2D eigenvalue weighted by molar-refractivity contribution is 7.99. The van der Waals surface area contributed by atoms with Crippen LogP contribution in [0.25, 0.3) is 15.9 Å². The van der Waals surface area contributed by atoms with Crippen LogP contribution in [0.1, 0.15) is 34.4 Å². The Morgan fingerprint density at radius 2 is 1.91 bits per heavy atom. The summed E-state index contributed by atoms with van der Waals surface area (Å²) >= 11 is 2.80. The van der Waals surface area contributed by atoms with E-state index in [0.29, 0.717) is 21.8 Å². The Hall–Kier alpha value is -2.97. The lowest BCUT2D eigenvalue weighted by atomic mass is 9.97. The second-order valence-electron chi connectivity index (χ2n) is 8.56. The number of nitrogens with one attached hydrogen (secondary N) is 1. The Balaban J connectivity index is 1.50. The fourth-order valence-electron chi connectivity index (χ4n) is 4.20. The average Bonchev–Trinajstić information content (AvgIpc) is 3.20. The molecule has 8 heteroatoms.